The minimum absolute atomic E-state index is 0.0435. The van der Waals surface area contributed by atoms with Crippen molar-refractivity contribution in [3.63, 3.8) is 0 Å². The summed E-state index contributed by atoms with van der Waals surface area (Å²) in [6, 6.07) is 7.61. The van der Waals surface area contributed by atoms with Gasteiger partial charge >= 0.3 is 6.03 Å². The molecule has 6 heteroatoms. The third-order valence-corrected chi connectivity index (χ3v) is 3.78. The third-order valence-electron chi connectivity index (χ3n) is 3.41. The molecule has 1 N–H and O–H groups in total. The predicted octanol–water partition coefficient (Wildman–Crippen LogP) is 1.94. The van der Waals surface area contributed by atoms with Gasteiger partial charge in [-0.15, -0.1) is 0 Å². The SMILES string of the molecule is COC[C@@H]1CN(C(=O)NCCc2ccccc2Cl)CCO1. The van der Waals surface area contributed by atoms with Gasteiger partial charge in [0.05, 0.1) is 25.9 Å². The van der Waals surface area contributed by atoms with Crippen LogP contribution in [0.5, 0.6) is 0 Å². The van der Waals surface area contributed by atoms with Crippen molar-refractivity contribution < 1.29 is 14.3 Å². The maximum Gasteiger partial charge on any atom is 0.317 e. The Hall–Kier alpha value is -1.30. The van der Waals surface area contributed by atoms with Gasteiger partial charge in [0.15, 0.2) is 0 Å². The standard InChI is InChI=1S/C15H21ClN2O3/c1-20-11-13-10-18(8-9-21-13)15(19)17-7-6-12-4-2-3-5-14(12)16/h2-5,13H,6-11H2,1H3,(H,17,19)/t13-/m0/s1. The topological polar surface area (TPSA) is 50.8 Å². The highest BCUT2D eigenvalue weighted by Gasteiger charge is 2.23. The lowest BCUT2D eigenvalue weighted by Crippen LogP contribution is -2.51. The van der Waals surface area contributed by atoms with Crippen LogP contribution in [0.15, 0.2) is 24.3 Å². The zero-order chi connectivity index (χ0) is 15.1. The summed E-state index contributed by atoms with van der Waals surface area (Å²) in [4.78, 5) is 13.9. The number of hydrogen-bond acceptors (Lipinski definition) is 3. The van der Waals surface area contributed by atoms with E-state index in [1.807, 2.05) is 24.3 Å². The van der Waals surface area contributed by atoms with Crippen LogP contribution in [0, 0.1) is 0 Å². The van der Waals surface area contributed by atoms with Gasteiger partial charge in [-0.25, -0.2) is 4.79 Å². The van der Waals surface area contributed by atoms with Crippen LogP contribution in [0.1, 0.15) is 5.56 Å². The largest absolute Gasteiger partial charge is 0.382 e. The number of morpholine rings is 1. The summed E-state index contributed by atoms with van der Waals surface area (Å²) in [6.07, 6.45) is 0.676. The molecular weight excluding hydrogens is 292 g/mol. The Kier molecular flexibility index (Phi) is 6.29. The summed E-state index contributed by atoms with van der Waals surface area (Å²) < 4.78 is 10.6. The number of nitrogens with one attached hydrogen (secondary N) is 1. The lowest BCUT2D eigenvalue weighted by atomic mass is 10.1. The van der Waals surface area contributed by atoms with Crippen LogP contribution in [0.3, 0.4) is 0 Å². The minimum Gasteiger partial charge on any atom is -0.382 e. The molecule has 0 unspecified atom stereocenters. The van der Waals surface area contributed by atoms with Crippen LogP contribution in [0.4, 0.5) is 4.79 Å². The van der Waals surface area contributed by atoms with Crippen molar-refractivity contribution in [1.82, 2.24) is 10.2 Å². The van der Waals surface area contributed by atoms with E-state index in [0.717, 1.165) is 17.0 Å². The number of carbonyl (C=O) groups excluding carboxylic acids is 1. The van der Waals surface area contributed by atoms with E-state index in [1.165, 1.54) is 0 Å². The number of benzene rings is 1. The molecule has 1 aromatic rings. The minimum atomic E-state index is -0.0635. The first-order valence-electron chi connectivity index (χ1n) is 7.07. The van der Waals surface area contributed by atoms with E-state index < -0.39 is 0 Å². The zero-order valence-electron chi connectivity index (χ0n) is 12.2. The summed E-state index contributed by atoms with van der Waals surface area (Å²) in [5.41, 5.74) is 1.04. The molecule has 0 saturated carbocycles. The van der Waals surface area contributed by atoms with Gasteiger partial charge in [-0.05, 0) is 18.1 Å². The molecule has 21 heavy (non-hydrogen) atoms. The number of ether oxygens (including phenoxy) is 2. The Labute approximate surface area is 130 Å². The molecule has 1 heterocycles. The van der Waals surface area contributed by atoms with Crippen LogP contribution in [0.25, 0.3) is 0 Å². The van der Waals surface area contributed by atoms with Gasteiger partial charge in [-0.3, -0.25) is 0 Å². The number of nitrogens with zero attached hydrogens (tertiary/aromatic N) is 1. The Bertz CT molecular complexity index is 468. The normalized spacial score (nSPS) is 18.6. The van der Waals surface area contributed by atoms with E-state index in [9.17, 15) is 4.79 Å². The highest BCUT2D eigenvalue weighted by atomic mass is 35.5. The highest BCUT2D eigenvalue weighted by molar-refractivity contribution is 6.31. The number of carbonyl (C=O) groups is 1. The molecule has 1 aliphatic heterocycles. The van der Waals surface area contributed by atoms with Gasteiger partial charge in [0.1, 0.15) is 0 Å². The quantitative estimate of drug-likeness (QED) is 0.904. The van der Waals surface area contributed by atoms with Crippen LogP contribution in [-0.2, 0) is 15.9 Å². The second-order valence-electron chi connectivity index (χ2n) is 4.97. The molecule has 0 aromatic heterocycles. The Morgan fingerprint density at radius 3 is 3.10 bits per heavy atom. The molecular formula is C15H21ClN2O3. The second kappa shape index (κ2) is 8.22. The summed E-state index contributed by atoms with van der Waals surface area (Å²) in [5, 5.41) is 3.66. The Morgan fingerprint density at radius 2 is 2.33 bits per heavy atom. The molecule has 2 amide bonds. The number of amides is 2. The number of hydrogen-bond donors (Lipinski definition) is 1. The fourth-order valence-corrected chi connectivity index (χ4v) is 2.54. The number of methoxy groups -OCH3 is 1. The fourth-order valence-electron chi connectivity index (χ4n) is 2.31. The smallest absolute Gasteiger partial charge is 0.317 e. The fraction of sp³-hybridized carbons (Fsp3) is 0.533. The lowest BCUT2D eigenvalue weighted by molar-refractivity contribution is -0.0494. The van der Waals surface area contributed by atoms with Crippen LogP contribution < -0.4 is 5.32 Å². The maximum atomic E-state index is 12.1. The van der Waals surface area contributed by atoms with E-state index in [2.05, 4.69) is 5.32 Å². The van der Waals surface area contributed by atoms with Crippen molar-refractivity contribution in [3.8, 4) is 0 Å². The molecule has 116 valence electrons. The van der Waals surface area contributed by atoms with Gasteiger partial charge in [0.25, 0.3) is 0 Å². The monoisotopic (exact) mass is 312 g/mol. The molecule has 1 fully saturated rings. The van der Waals surface area contributed by atoms with E-state index >= 15 is 0 Å². The van der Waals surface area contributed by atoms with Gasteiger partial charge in [0, 0.05) is 25.2 Å². The van der Waals surface area contributed by atoms with Gasteiger partial charge in [-0.1, -0.05) is 29.8 Å². The molecule has 5 nitrogen and oxygen atoms in total. The predicted molar refractivity (Wildman–Crippen MR) is 81.7 cm³/mol. The van der Waals surface area contributed by atoms with E-state index in [0.29, 0.717) is 32.8 Å². The van der Waals surface area contributed by atoms with Crippen molar-refractivity contribution in [3.05, 3.63) is 34.9 Å². The molecule has 0 radical (unpaired) electrons. The van der Waals surface area contributed by atoms with Crippen LogP contribution in [-0.4, -0.2) is 57.0 Å². The van der Waals surface area contributed by atoms with E-state index in [1.54, 1.807) is 12.0 Å². The first-order chi connectivity index (χ1) is 10.2. The van der Waals surface area contributed by atoms with Crippen molar-refractivity contribution in [2.45, 2.75) is 12.5 Å². The molecule has 1 saturated heterocycles. The molecule has 2 rings (SSSR count). The van der Waals surface area contributed by atoms with Crippen LogP contribution >= 0.6 is 11.6 Å². The summed E-state index contributed by atoms with van der Waals surface area (Å²) in [7, 11) is 1.63. The van der Waals surface area contributed by atoms with E-state index in [4.69, 9.17) is 21.1 Å². The number of rotatable bonds is 5. The molecule has 1 aliphatic rings. The molecule has 0 spiro atoms. The first kappa shape index (κ1) is 16.1. The lowest BCUT2D eigenvalue weighted by Gasteiger charge is -2.32. The first-order valence-corrected chi connectivity index (χ1v) is 7.45. The summed E-state index contributed by atoms with van der Waals surface area (Å²) in [5.74, 6) is 0. The Morgan fingerprint density at radius 1 is 1.52 bits per heavy atom. The zero-order valence-corrected chi connectivity index (χ0v) is 12.9. The van der Waals surface area contributed by atoms with Gasteiger partial charge in [0.2, 0.25) is 0 Å². The van der Waals surface area contributed by atoms with Crippen LogP contribution in [0.2, 0.25) is 5.02 Å². The Balaban J connectivity index is 1.75. The van der Waals surface area contributed by atoms with Crippen molar-refractivity contribution in [2.75, 3.05) is 40.0 Å². The molecule has 1 atom stereocenters. The number of halogens is 1. The molecule has 0 aliphatic carbocycles. The summed E-state index contributed by atoms with van der Waals surface area (Å²) in [6.45, 7) is 2.79. The maximum absolute atomic E-state index is 12.1. The van der Waals surface area contributed by atoms with Gasteiger partial charge in [-0.2, -0.15) is 0 Å². The van der Waals surface area contributed by atoms with E-state index in [-0.39, 0.29) is 12.1 Å². The van der Waals surface area contributed by atoms with Gasteiger partial charge < -0.3 is 19.7 Å². The number of urea groups is 1. The van der Waals surface area contributed by atoms with Crippen molar-refractivity contribution >= 4 is 17.6 Å². The highest BCUT2D eigenvalue weighted by Crippen LogP contribution is 2.14. The average molecular weight is 313 g/mol. The summed E-state index contributed by atoms with van der Waals surface area (Å²) >= 11 is 6.09. The van der Waals surface area contributed by atoms with Crippen molar-refractivity contribution in [1.29, 1.82) is 0 Å². The molecule has 0 bridgehead atoms. The molecule has 1 aromatic carbocycles. The average Bonchev–Trinajstić information content (AvgIpc) is 2.50. The second-order valence-corrected chi connectivity index (χ2v) is 5.37. The third kappa shape index (κ3) is 4.88. The van der Waals surface area contributed by atoms with Crippen molar-refractivity contribution in [2.24, 2.45) is 0 Å².